The maximum Gasteiger partial charge on any atom is 0.160 e. The quantitative estimate of drug-likeness (QED) is 0.0598. The summed E-state index contributed by atoms with van der Waals surface area (Å²) in [6.07, 6.45) is 18.2. The standard InChI is InChI=1S/C136H134N2O2/c1-19-21-23-25-27-37-75-135(76-38-28-26-24-22-20-2)109-43-33-29-39-99(109)105-73-51-89(81-115(105)135)87-49-71-103-101-69-47-85(77-111(101)133(15,16)113(103)79-87)86-48-70-102-104-72-50-88(80-114(104)134(17,18)112(102)78-86)90-52-74-106-100-40-30-34-44-110(100)136(116(106)82-90)117-84-120(138(97-65-57-93(58-66-97)131(9,10)11)98-67-59-94(60-68-98)132(12,13)14)127-124(108-42-32-36-46-122(108)139-127)125(117)126-118(136)83-119(123-107-41-31-35-45-121(107)140-128(123)126)137(95-61-53-91(54-62-95)129(3,4)5)96-63-55-92(56-64-96)130(6,7)8/h29-36,39-74,77-84H,19-28,37-38,75-76H2,1-18H3. The number of rotatable bonds is 23. The van der Waals surface area contributed by atoms with Gasteiger partial charge in [0.2, 0.25) is 0 Å². The number of nitrogens with zero attached hydrogens (tertiary/aromatic N) is 2. The third kappa shape index (κ3) is 14.5. The monoisotopic (exact) mass is 1830 g/mol. The molecule has 4 heteroatoms. The van der Waals surface area contributed by atoms with E-state index >= 15 is 0 Å². The van der Waals surface area contributed by atoms with Gasteiger partial charge in [-0.2, -0.15) is 0 Å². The van der Waals surface area contributed by atoms with Gasteiger partial charge in [-0.25, -0.2) is 0 Å². The topological polar surface area (TPSA) is 32.8 Å². The largest absolute Gasteiger partial charge is 0.455 e. The normalized spacial score (nSPS) is 15.4. The van der Waals surface area contributed by atoms with E-state index in [-0.39, 0.29) is 37.9 Å². The van der Waals surface area contributed by atoms with Crippen LogP contribution >= 0.6 is 0 Å². The van der Waals surface area contributed by atoms with Crippen LogP contribution in [0, 0.1) is 0 Å². The summed E-state index contributed by atoms with van der Waals surface area (Å²) in [5, 5.41) is 4.20. The Bertz CT molecular complexity index is 7830. The molecule has 0 saturated heterocycles. The number of anilines is 6. The van der Waals surface area contributed by atoms with Crippen LogP contribution in [-0.2, 0) is 43.3 Å². The van der Waals surface area contributed by atoms with Gasteiger partial charge in [0.15, 0.2) is 5.58 Å². The third-order valence-electron chi connectivity index (χ3n) is 33.3. The molecule has 0 fully saturated rings. The number of hydrogen-bond donors (Lipinski definition) is 0. The Labute approximate surface area is 831 Å². The van der Waals surface area contributed by atoms with E-state index in [1.54, 1.807) is 11.1 Å². The van der Waals surface area contributed by atoms with Crippen LogP contribution in [0.15, 0.2) is 324 Å². The second-order valence-electron chi connectivity index (χ2n) is 46.9. The number of benzene rings is 16. The van der Waals surface area contributed by atoms with Gasteiger partial charge in [-0.1, -0.05) is 408 Å². The van der Waals surface area contributed by atoms with Crippen molar-refractivity contribution >= 4 is 78.0 Å². The first-order valence-electron chi connectivity index (χ1n) is 52.5. The number of hydrogen-bond acceptors (Lipinski definition) is 4. The summed E-state index contributed by atoms with van der Waals surface area (Å²) in [5.74, 6) is 0. The summed E-state index contributed by atoms with van der Waals surface area (Å²) in [6, 6.07) is 124. The molecule has 1 unspecified atom stereocenters. The Morgan fingerprint density at radius 2 is 0.543 bits per heavy atom. The second kappa shape index (κ2) is 33.7. The number of para-hydroxylation sites is 2. The molecule has 0 aliphatic heterocycles. The smallest absolute Gasteiger partial charge is 0.160 e. The van der Waals surface area contributed by atoms with Gasteiger partial charge in [0, 0.05) is 66.3 Å². The molecule has 5 aliphatic carbocycles. The fraction of sp³-hybridized carbons (Fsp3) is 0.294. The molecule has 1 atom stereocenters. The highest BCUT2D eigenvalue weighted by molar-refractivity contribution is 6.26. The lowest BCUT2D eigenvalue weighted by Crippen LogP contribution is -2.27. The Hall–Kier alpha value is -13.3. The van der Waals surface area contributed by atoms with Gasteiger partial charge in [0.25, 0.3) is 0 Å². The van der Waals surface area contributed by atoms with Gasteiger partial charge in [-0.15, -0.1) is 0 Å². The fourth-order valence-electron chi connectivity index (χ4n) is 25.6. The molecule has 0 N–H and O–H groups in total. The minimum absolute atomic E-state index is 0.0232. The minimum atomic E-state index is -0.989. The van der Waals surface area contributed by atoms with Gasteiger partial charge < -0.3 is 18.6 Å². The molecule has 16 aromatic carbocycles. The van der Waals surface area contributed by atoms with Crippen molar-refractivity contribution in [3.63, 3.8) is 0 Å². The zero-order valence-electron chi connectivity index (χ0n) is 85.6. The summed E-state index contributed by atoms with van der Waals surface area (Å²) < 4.78 is 15.6. The molecule has 140 heavy (non-hydrogen) atoms. The molecule has 700 valence electrons. The zero-order chi connectivity index (χ0) is 96.6. The molecular formula is C136H134N2O2. The van der Waals surface area contributed by atoms with Crippen molar-refractivity contribution < 1.29 is 8.83 Å². The van der Waals surface area contributed by atoms with Gasteiger partial charge in [-0.3, -0.25) is 0 Å². The Kier molecular flexibility index (Phi) is 21.8. The molecule has 0 radical (unpaired) electrons. The van der Waals surface area contributed by atoms with Crippen LogP contribution in [-0.4, -0.2) is 0 Å². The molecule has 0 amide bonds. The Morgan fingerprint density at radius 1 is 0.243 bits per heavy atom. The maximum absolute atomic E-state index is 7.90. The van der Waals surface area contributed by atoms with Crippen molar-refractivity contribution in [1.29, 1.82) is 0 Å². The minimum Gasteiger partial charge on any atom is -0.455 e. The summed E-state index contributed by atoms with van der Waals surface area (Å²) in [6.45, 7) is 42.3. The molecule has 2 heterocycles. The zero-order valence-corrected chi connectivity index (χ0v) is 85.6. The molecule has 5 aliphatic rings. The molecule has 23 rings (SSSR count). The maximum atomic E-state index is 7.90. The van der Waals surface area contributed by atoms with Crippen LogP contribution in [0.1, 0.15) is 292 Å². The van der Waals surface area contributed by atoms with Gasteiger partial charge in [0.05, 0.1) is 22.2 Å². The number of furan rings is 2. The van der Waals surface area contributed by atoms with E-state index in [2.05, 4.69) is 450 Å². The van der Waals surface area contributed by atoms with Crippen LogP contribution in [0.3, 0.4) is 0 Å². The average Bonchev–Trinajstić information content (AvgIpc) is 1.48. The van der Waals surface area contributed by atoms with E-state index in [0.29, 0.717) is 0 Å². The number of fused-ring (bicyclic) bond motifs is 27. The predicted octanol–water partition coefficient (Wildman–Crippen LogP) is 39.3. The van der Waals surface area contributed by atoms with Crippen molar-refractivity contribution in [3.8, 4) is 89.0 Å². The molecule has 18 aromatic rings. The van der Waals surface area contributed by atoms with Crippen LogP contribution < -0.4 is 9.80 Å². The van der Waals surface area contributed by atoms with Crippen LogP contribution in [0.4, 0.5) is 34.1 Å². The van der Waals surface area contributed by atoms with Crippen molar-refractivity contribution in [2.24, 2.45) is 0 Å². The van der Waals surface area contributed by atoms with Crippen molar-refractivity contribution in [2.45, 2.75) is 258 Å². The SMILES string of the molecule is CCCCCCCCC1(CCCCCCCC)c2ccccc2-c2ccc(-c3ccc4c(c3)C(C)(C)c3cc(-c5ccc6c(c5)C(C)(C)c5cc(-c7ccc8c(c7)C7(c9ccccc9-8)c8cc(N(c9ccc(C(C)(C)C)cc9)c9ccc(C(C)(C)C)cc9)c9c(oc%10ccccc%109)c8-c8c7cc(N(c7ccc(C(C)(C)C)cc7)c7ccc(C(C)(C)C)cc7)c7oc9ccccc9c87)ccc5-6)ccc3-4)cc21. The van der Waals surface area contributed by atoms with Crippen LogP contribution in [0.2, 0.25) is 0 Å². The van der Waals surface area contributed by atoms with Crippen LogP contribution in [0.5, 0.6) is 0 Å². The first-order chi connectivity index (χ1) is 67.4. The lowest BCUT2D eigenvalue weighted by Gasteiger charge is -2.34. The van der Waals surface area contributed by atoms with Gasteiger partial charge >= 0.3 is 0 Å². The van der Waals surface area contributed by atoms with E-state index in [1.165, 1.54) is 223 Å². The predicted molar refractivity (Wildman–Crippen MR) is 595 cm³/mol. The lowest BCUT2D eigenvalue weighted by molar-refractivity contribution is 0.398. The second-order valence-corrected chi connectivity index (χ2v) is 46.9. The first-order valence-corrected chi connectivity index (χ1v) is 52.5. The van der Waals surface area contributed by atoms with E-state index < -0.39 is 5.41 Å². The van der Waals surface area contributed by atoms with Gasteiger partial charge in [-0.05, 0) is 299 Å². The highest BCUT2D eigenvalue weighted by atomic mass is 16.3. The Morgan fingerprint density at radius 3 is 0.950 bits per heavy atom. The summed E-state index contributed by atoms with van der Waals surface area (Å²) in [7, 11) is 0. The summed E-state index contributed by atoms with van der Waals surface area (Å²) >= 11 is 0. The molecule has 1 spiro atoms. The highest BCUT2D eigenvalue weighted by Crippen LogP contribution is 2.70. The Balaban J connectivity index is 0.670. The molecule has 4 nitrogen and oxygen atoms in total. The van der Waals surface area contributed by atoms with E-state index in [1.807, 2.05) is 0 Å². The van der Waals surface area contributed by atoms with Crippen LogP contribution in [0.25, 0.3) is 133 Å². The van der Waals surface area contributed by atoms with Crippen molar-refractivity contribution in [2.75, 3.05) is 9.80 Å². The molecule has 2 aromatic heterocycles. The lowest BCUT2D eigenvalue weighted by atomic mass is 9.69. The first kappa shape index (κ1) is 90.6. The summed E-state index contributed by atoms with van der Waals surface area (Å²) in [4.78, 5) is 5.02. The molecular weight excluding hydrogens is 1690 g/mol. The van der Waals surface area contributed by atoms with E-state index in [4.69, 9.17) is 8.83 Å². The average molecular weight is 1830 g/mol. The highest BCUT2D eigenvalue weighted by Gasteiger charge is 2.56. The summed E-state index contributed by atoms with van der Waals surface area (Å²) in [5.41, 5.74) is 46.4. The van der Waals surface area contributed by atoms with E-state index in [9.17, 15) is 0 Å². The molecule has 0 saturated carbocycles. The van der Waals surface area contributed by atoms with E-state index in [0.717, 1.165) is 100 Å². The van der Waals surface area contributed by atoms with Crippen molar-refractivity contribution in [1.82, 2.24) is 0 Å². The number of unbranched alkanes of at least 4 members (excludes halogenated alkanes) is 10. The molecule has 0 bridgehead atoms. The third-order valence-corrected chi connectivity index (χ3v) is 33.3. The fourth-order valence-corrected chi connectivity index (χ4v) is 25.6. The van der Waals surface area contributed by atoms with Gasteiger partial charge in [0.1, 0.15) is 16.7 Å². The van der Waals surface area contributed by atoms with Crippen molar-refractivity contribution in [3.05, 3.63) is 393 Å².